The molecule has 0 heterocycles. The third kappa shape index (κ3) is 8.82. The smallest absolute Gasteiger partial charge is 1.00 e. The third-order valence-corrected chi connectivity index (χ3v) is 0. The fraction of sp³-hybridized carbons (Fsp3) is 0. The van der Waals surface area contributed by atoms with E-state index >= 15 is 0 Å². The van der Waals surface area contributed by atoms with Gasteiger partial charge in [0, 0.05) is 0 Å². The second kappa shape index (κ2) is 17.7. The zero-order valence-electron chi connectivity index (χ0n) is 2.82. The summed E-state index contributed by atoms with van der Waals surface area (Å²) in [6.07, 6.45) is 0. The topological polar surface area (TPSA) is 0 Å². The Morgan fingerprint density at radius 3 is 1.25 bits per heavy atom. The third-order valence-electron chi connectivity index (χ3n) is 0. The standard InChI is InChI=1S/Al.ClH.HI.Na.4H/h;2*1H;;;;;/q;;;+1;;;;-1. The molecule has 0 aliphatic carbocycles. The Kier molecular flexibility index (Phi) is 137. The minimum absolute atomic E-state index is 0. The summed E-state index contributed by atoms with van der Waals surface area (Å²) in [5.41, 5.74) is 0. The van der Waals surface area contributed by atoms with E-state index in [1.807, 2.05) is 0 Å². The molecule has 0 radical (unpaired) electrons. The van der Waals surface area contributed by atoms with Gasteiger partial charge >= 0.3 is 29.6 Å². The molecule has 0 aromatic heterocycles. The molecule has 0 nitrogen and oxygen atoms in total. The average Bonchev–Trinajstić information content (AvgIpc) is 0. The first-order valence-electron chi connectivity index (χ1n) is 0. The van der Waals surface area contributed by atoms with Crippen LogP contribution in [0.2, 0.25) is 0 Å². The van der Waals surface area contributed by atoms with Crippen LogP contribution in [0.4, 0.5) is 0 Å². The van der Waals surface area contributed by atoms with Gasteiger partial charge in [0.05, 0.1) is 0 Å². The molecule has 0 bridgehead atoms. The first kappa shape index (κ1) is 31.0. The van der Waals surface area contributed by atoms with Crippen molar-refractivity contribution in [3.63, 3.8) is 0 Å². The van der Waals surface area contributed by atoms with E-state index in [2.05, 4.69) is 0 Å². The van der Waals surface area contributed by atoms with Gasteiger partial charge < -0.3 is 1.43 Å². The molecule has 24 valence electrons. The molecular formula is H6AlClINa. The molecule has 0 amide bonds. The van der Waals surface area contributed by atoms with Crippen LogP contribution in [0.1, 0.15) is 1.43 Å². The minimum Gasteiger partial charge on any atom is -1.00 e. The number of hydrogen-bond donors (Lipinski definition) is 0. The van der Waals surface area contributed by atoms with Crippen LogP contribution in [0.5, 0.6) is 0 Å². The quantitative estimate of drug-likeness (QED) is 0.300. The zero-order valence-corrected chi connectivity index (χ0v) is 6.96. The van der Waals surface area contributed by atoms with Crippen molar-refractivity contribution in [3.05, 3.63) is 0 Å². The van der Waals surface area contributed by atoms with E-state index in [4.69, 9.17) is 0 Å². The Balaban J connectivity index is 0. The Morgan fingerprint density at radius 2 is 1.25 bits per heavy atom. The molecule has 0 aliphatic heterocycles. The van der Waals surface area contributed by atoms with Crippen LogP contribution in [-0.4, -0.2) is 17.4 Å². The molecule has 0 saturated heterocycles. The molecule has 0 spiro atoms. The van der Waals surface area contributed by atoms with Gasteiger partial charge in [-0.2, -0.15) is 0 Å². The zero-order chi connectivity index (χ0) is 0. The van der Waals surface area contributed by atoms with Crippen LogP contribution in [0.25, 0.3) is 0 Å². The first-order chi connectivity index (χ1) is 0. The average molecular weight is 218 g/mol. The summed E-state index contributed by atoms with van der Waals surface area (Å²) in [5.74, 6) is 0. The summed E-state index contributed by atoms with van der Waals surface area (Å²) in [6, 6.07) is 0. The fourth-order valence-electron chi connectivity index (χ4n) is 0. The summed E-state index contributed by atoms with van der Waals surface area (Å²) in [6.45, 7) is 0. The maximum Gasteiger partial charge on any atom is 1.00 e. The molecule has 0 N–H and O–H groups in total. The Bertz CT molecular complexity index is 11.6. The van der Waals surface area contributed by atoms with E-state index in [9.17, 15) is 0 Å². The van der Waals surface area contributed by atoms with Gasteiger partial charge in [0.1, 0.15) is 0 Å². The van der Waals surface area contributed by atoms with Gasteiger partial charge in [-0.3, -0.25) is 0 Å². The number of rotatable bonds is 0. The SMILES string of the molecule is Cl.I.[AlH3].[H-].[Na+]. The fourth-order valence-corrected chi connectivity index (χ4v) is 0. The molecule has 0 saturated carbocycles. The van der Waals surface area contributed by atoms with Crippen LogP contribution >= 0.6 is 36.4 Å². The first-order valence-corrected chi connectivity index (χ1v) is 0. The van der Waals surface area contributed by atoms with E-state index < -0.39 is 0 Å². The Labute approximate surface area is 83.4 Å². The Hall–Kier alpha value is 2.55. The molecule has 0 fully saturated rings. The summed E-state index contributed by atoms with van der Waals surface area (Å²) in [7, 11) is 0. The molecule has 4 heavy (non-hydrogen) atoms. The molecule has 0 aliphatic rings. The van der Waals surface area contributed by atoms with Gasteiger partial charge in [0.2, 0.25) is 0 Å². The van der Waals surface area contributed by atoms with Gasteiger partial charge in [0.15, 0.2) is 17.4 Å². The van der Waals surface area contributed by atoms with Gasteiger partial charge in [0.25, 0.3) is 0 Å². The molecule has 0 unspecified atom stereocenters. The molecule has 0 aromatic carbocycles. The maximum absolute atomic E-state index is 0. The van der Waals surface area contributed by atoms with Crippen molar-refractivity contribution < 1.29 is 31.0 Å². The van der Waals surface area contributed by atoms with Crippen molar-refractivity contribution in [2.75, 3.05) is 0 Å². The number of hydrogen-bond acceptors (Lipinski definition) is 0. The minimum atomic E-state index is 0. The molecule has 0 rings (SSSR count). The van der Waals surface area contributed by atoms with Crippen molar-refractivity contribution in [1.29, 1.82) is 0 Å². The molecule has 0 aromatic rings. The van der Waals surface area contributed by atoms with Crippen LogP contribution in [-0.2, 0) is 0 Å². The molecule has 4 heteroatoms. The van der Waals surface area contributed by atoms with Gasteiger partial charge in [-0.1, -0.05) is 0 Å². The molecule has 0 atom stereocenters. The second-order valence-corrected chi connectivity index (χ2v) is 0. The van der Waals surface area contributed by atoms with E-state index in [1.165, 1.54) is 0 Å². The van der Waals surface area contributed by atoms with E-state index in [-0.39, 0.29) is 84.7 Å². The molecular weight excluding hydrogens is 212 g/mol. The predicted octanol–water partition coefficient (Wildman–Crippen LogP) is -3.03. The van der Waals surface area contributed by atoms with Crippen molar-refractivity contribution in [2.45, 2.75) is 0 Å². The summed E-state index contributed by atoms with van der Waals surface area (Å²) >= 11 is 0. The van der Waals surface area contributed by atoms with Crippen molar-refractivity contribution in [2.24, 2.45) is 0 Å². The predicted molar refractivity (Wildman–Crippen MR) is 33.7 cm³/mol. The largest absolute Gasteiger partial charge is 1.00 e. The van der Waals surface area contributed by atoms with Crippen LogP contribution in [0.3, 0.4) is 0 Å². The van der Waals surface area contributed by atoms with Crippen molar-refractivity contribution in [1.82, 2.24) is 0 Å². The van der Waals surface area contributed by atoms with Crippen LogP contribution in [0.15, 0.2) is 0 Å². The van der Waals surface area contributed by atoms with Gasteiger partial charge in [-0.05, 0) is 0 Å². The Morgan fingerprint density at radius 1 is 1.25 bits per heavy atom. The monoisotopic (exact) mass is 218 g/mol. The van der Waals surface area contributed by atoms with Crippen LogP contribution in [0, 0.1) is 0 Å². The van der Waals surface area contributed by atoms with E-state index in [0.29, 0.717) is 0 Å². The van der Waals surface area contributed by atoms with Gasteiger partial charge in [-0.15, -0.1) is 36.4 Å². The van der Waals surface area contributed by atoms with E-state index in [1.54, 1.807) is 0 Å². The summed E-state index contributed by atoms with van der Waals surface area (Å²) in [5, 5.41) is 0. The number of halogens is 2. The normalized spacial score (nSPS) is 0. The summed E-state index contributed by atoms with van der Waals surface area (Å²) < 4.78 is 0. The van der Waals surface area contributed by atoms with Gasteiger partial charge in [-0.25, -0.2) is 0 Å². The van der Waals surface area contributed by atoms with Crippen molar-refractivity contribution >= 4 is 53.7 Å². The van der Waals surface area contributed by atoms with Crippen LogP contribution < -0.4 is 29.6 Å². The summed E-state index contributed by atoms with van der Waals surface area (Å²) in [4.78, 5) is 0. The maximum atomic E-state index is 0. The second-order valence-electron chi connectivity index (χ2n) is 0. The van der Waals surface area contributed by atoms with E-state index in [0.717, 1.165) is 0 Å². The van der Waals surface area contributed by atoms with Crippen molar-refractivity contribution in [3.8, 4) is 0 Å².